The molecule has 2 aromatic carbocycles. The summed E-state index contributed by atoms with van der Waals surface area (Å²) in [5.41, 5.74) is 3.94. The number of aromatic nitrogens is 3. The maximum Gasteiger partial charge on any atom is 0.268 e. The van der Waals surface area contributed by atoms with E-state index >= 15 is 0 Å². The number of hydrogen-bond acceptors (Lipinski definition) is 5. The second-order valence-corrected chi connectivity index (χ2v) is 7.60. The molecule has 31 heavy (non-hydrogen) atoms. The second kappa shape index (κ2) is 8.91. The molecule has 0 spiro atoms. The van der Waals surface area contributed by atoms with Crippen molar-refractivity contribution in [3.8, 4) is 0 Å². The molecular weight excluding hydrogens is 392 g/mol. The summed E-state index contributed by atoms with van der Waals surface area (Å²) < 4.78 is 1.67. The van der Waals surface area contributed by atoms with Crippen molar-refractivity contribution in [2.24, 2.45) is 5.10 Å². The first-order valence-electron chi connectivity index (χ1n) is 10.2. The zero-order valence-corrected chi connectivity index (χ0v) is 17.5. The summed E-state index contributed by atoms with van der Waals surface area (Å²) in [5, 5.41) is 13.0. The first kappa shape index (κ1) is 20.5. The fourth-order valence-electron chi connectivity index (χ4n) is 3.53. The van der Waals surface area contributed by atoms with E-state index in [0.29, 0.717) is 24.4 Å². The van der Waals surface area contributed by atoms with Crippen molar-refractivity contribution in [3.05, 3.63) is 77.9 Å². The summed E-state index contributed by atoms with van der Waals surface area (Å²) in [5.74, 6) is -0.413. The minimum Gasteiger partial charge on any atom is -0.342 e. The van der Waals surface area contributed by atoms with Crippen molar-refractivity contribution in [2.45, 2.75) is 39.3 Å². The van der Waals surface area contributed by atoms with Gasteiger partial charge in [-0.3, -0.25) is 14.3 Å². The number of rotatable bonds is 6. The second-order valence-electron chi connectivity index (χ2n) is 7.60. The Bertz CT molecular complexity index is 1110. The summed E-state index contributed by atoms with van der Waals surface area (Å²) in [7, 11) is 0. The molecule has 2 heterocycles. The molecule has 158 valence electrons. The van der Waals surface area contributed by atoms with Gasteiger partial charge in [-0.25, -0.2) is 9.99 Å². The highest BCUT2D eigenvalue weighted by Crippen LogP contribution is 2.25. The Labute approximate surface area is 180 Å². The number of amides is 2. The average Bonchev–Trinajstić information content (AvgIpc) is 3.29. The van der Waals surface area contributed by atoms with Crippen LogP contribution in [0, 0.1) is 13.8 Å². The van der Waals surface area contributed by atoms with Crippen LogP contribution in [-0.4, -0.2) is 32.3 Å². The molecule has 2 amide bonds. The third-order valence-electron chi connectivity index (χ3n) is 5.23. The lowest BCUT2D eigenvalue weighted by Gasteiger charge is -2.26. The molecule has 3 aromatic rings. The van der Waals surface area contributed by atoms with Crippen LogP contribution in [0.1, 0.15) is 35.6 Å². The van der Waals surface area contributed by atoms with Crippen LogP contribution in [-0.2, 0) is 16.1 Å². The number of carbonyl (C=O) groups excluding carboxylic acids is 2. The van der Waals surface area contributed by atoms with Crippen LogP contribution in [0.2, 0.25) is 0 Å². The number of aryl methyl sites for hydroxylation is 2. The molecule has 1 N–H and O–H groups in total. The molecule has 1 atom stereocenters. The largest absolute Gasteiger partial charge is 0.342 e. The van der Waals surface area contributed by atoms with E-state index in [1.165, 1.54) is 11.3 Å². The standard InChI is InChI=1S/C23H24N6O2/c1-16-8-9-17(2)21(12-16)29-22(30)11-10-19(27-29)23(31)26-20(13-28-15-24-14-25-28)18-6-4-3-5-7-18/h3-9,12,14-15,20H,10-11,13H2,1-2H3,(H,26,31). The highest BCUT2D eigenvalue weighted by atomic mass is 16.2. The van der Waals surface area contributed by atoms with E-state index in [-0.39, 0.29) is 24.3 Å². The molecule has 0 saturated carbocycles. The zero-order chi connectivity index (χ0) is 21.8. The number of hydrazone groups is 1. The van der Waals surface area contributed by atoms with Crippen LogP contribution in [0.4, 0.5) is 5.69 Å². The predicted octanol–water partition coefficient (Wildman–Crippen LogP) is 2.94. The van der Waals surface area contributed by atoms with Gasteiger partial charge in [0.1, 0.15) is 18.4 Å². The number of carbonyl (C=O) groups is 2. The van der Waals surface area contributed by atoms with Gasteiger partial charge in [0.05, 0.1) is 18.3 Å². The van der Waals surface area contributed by atoms with E-state index in [4.69, 9.17) is 0 Å². The van der Waals surface area contributed by atoms with Crippen LogP contribution >= 0.6 is 0 Å². The Morgan fingerprint density at radius 3 is 2.68 bits per heavy atom. The minimum absolute atomic E-state index is 0.118. The molecule has 8 heteroatoms. The number of nitrogens with zero attached hydrogens (tertiary/aromatic N) is 5. The zero-order valence-electron chi connectivity index (χ0n) is 17.5. The first-order valence-corrected chi connectivity index (χ1v) is 10.2. The maximum absolute atomic E-state index is 13.1. The first-order chi connectivity index (χ1) is 15.0. The molecular formula is C23H24N6O2. The van der Waals surface area contributed by atoms with E-state index in [9.17, 15) is 9.59 Å². The Morgan fingerprint density at radius 1 is 1.13 bits per heavy atom. The molecule has 0 bridgehead atoms. The topological polar surface area (TPSA) is 92.5 Å². The summed E-state index contributed by atoms with van der Waals surface area (Å²) in [6.45, 7) is 4.32. The molecule has 1 aliphatic heterocycles. The minimum atomic E-state index is -0.315. The van der Waals surface area contributed by atoms with Crippen molar-refractivity contribution in [1.29, 1.82) is 0 Å². The third-order valence-corrected chi connectivity index (χ3v) is 5.23. The number of hydrogen-bond donors (Lipinski definition) is 1. The van der Waals surface area contributed by atoms with Crippen LogP contribution in [0.3, 0.4) is 0 Å². The average molecular weight is 416 g/mol. The van der Waals surface area contributed by atoms with E-state index in [2.05, 4.69) is 20.5 Å². The van der Waals surface area contributed by atoms with Crippen molar-refractivity contribution in [1.82, 2.24) is 20.1 Å². The fraction of sp³-hybridized carbons (Fsp3) is 0.261. The summed E-state index contributed by atoms with van der Waals surface area (Å²) in [6, 6.07) is 15.2. The monoisotopic (exact) mass is 416 g/mol. The van der Waals surface area contributed by atoms with Crippen LogP contribution in [0.15, 0.2) is 66.3 Å². The van der Waals surface area contributed by atoms with Crippen molar-refractivity contribution < 1.29 is 9.59 Å². The smallest absolute Gasteiger partial charge is 0.268 e. The van der Waals surface area contributed by atoms with Gasteiger partial charge in [-0.05, 0) is 36.6 Å². The molecule has 8 nitrogen and oxygen atoms in total. The van der Waals surface area contributed by atoms with Gasteiger partial charge in [0, 0.05) is 12.8 Å². The highest BCUT2D eigenvalue weighted by Gasteiger charge is 2.28. The fourth-order valence-corrected chi connectivity index (χ4v) is 3.53. The normalized spacial score (nSPS) is 14.8. The van der Waals surface area contributed by atoms with E-state index in [1.807, 2.05) is 62.4 Å². The van der Waals surface area contributed by atoms with Crippen LogP contribution in [0.5, 0.6) is 0 Å². The number of anilines is 1. The van der Waals surface area contributed by atoms with Crippen LogP contribution < -0.4 is 10.3 Å². The molecule has 4 rings (SSSR count). The van der Waals surface area contributed by atoms with Gasteiger partial charge in [-0.15, -0.1) is 0 Å². The van der Waals surface area contributed by atoms with Crippen molar-refractivity contribution >= 4 is 23.2 Å². The van der Waals surface area contributed by atoms with Gasteiger partial charge in [-0.2, -0.15) is 10.2 Å². The number of nitrogens with one attached hydrogen (secondary N) is 1. The van der Waals surface area contributed by atoms with Gasteiger partial charge in [0.25, 0.3) is 5.91 Å². The summed E-state index contributed by atoms with van der Waals surface area (Å²) in [6.07, 6.45) is 3.61. The molecule has 0 aliphatic carbocycles. The Balaban J connectivity index is 1.59. The molecule has 1 aromatic heterocycles. The van der Waals surface area contributed by atoms with E-state index in [0.717, 1.165) is 16.7 Å². The molecule has 0 fully saturated rings. The SMILES string of the molecule is Cc1ccc(C)c(N2N=C(C(=O)NC(Cn3cncn3)c3ccccc3)CCC2=O)c1. The van der Waals surface area contributed by atoms with E-state index < -0.39 is 0 Å². The molecule has 1 unspecified atom stereocenters. The molecule has 0 radical (unpaired) electrons. The van der Waals surface area contributed by atoms with Crippen molar-refractivity contribution in [2.75, 3.05) is 5.01 Å². The lowest BCUT2D eigenvalue weighted by atomic mass is 10.1. The Kier molecular flexibility index (Phi) is 5.88. The van der Waals surface area contributed by atoms with Gasteiger partial charge in [0.2, 0.25) is 5.91 Å². The van der Waals surface area contributed by atoms with Gasteiger partial charge < -0.3 is 5.32 Å². The Morgan fingerprint density at radius 2 is 1.94 bits per heavy atom. The number of benzene rings is 2. The quantitative estimate of drug-likeness (QED) is 0.669. The highest BCUT2D eigenvalue weighted by molar-refractivity contribution is 6.40. The van der Waals surface area contributed by atoms with Gasteiger partial charge in [-0.1, -0.05) is 42.5 Å². The van der Waals surface area contributed by atoms with Crippen molar-refractivity contribution in [3.63, 3.8) is 0 Å². The van der Waals surface area contributed by atoms with E-state index in [1.54, 1.807) is 11.0 Å². The Hall–Kier alpha value is -3.81. The predicted molar refractivity (Wildman–Crippen MR) is 117 cm³/mol. The lowest BCUT2D eigenvalue weighted by Crippen LogP contribution is -2.41. The summed E-state index contributed by atoms with van der Waals surface area (Å²) in [4.78, 5) is 29.6. The van der Waals surface area contributed by atoms with Crippen LogP contribution in [0.25, 0.3) is 0 Å². The lowest BCUT2D eigenvalue weighted by molar-refractivity contribution is -0.119. The third kappa shape index (κ3) is 4.69. The maximum atomic E-state index is 13.1. The molecule has 1 aliphatic rings. The molecule has 0 saturated heterocycles. The van der Waals surface area contributed by atoms with Gasteiger partial charge >= 0.3 is 0 Å². The summed E-state index contributed by atoms with van der Waals surface area (Å²) >= 11 is 0. The van der Waals surface area contributed by atoms with Gasteiger partial charge in [0.15, 0.2) is 0 Å².